The maximum atomic E-state index is 13.0. The van der Waals surface area contributed by atoms with Gasteiger partial charge < -0.3 is 4.98 Å². The maximum Gasteiger partial charge on any atom is 0.137 e. The lowest BCUT2D eigenvalue weighted by molar-refractivity contribution is 0.628. The van der Waals surface area contributed by atoms with Gasteiger partial charge in [-0.3, -0.25) is 0 Å². The molecular formula is C12H10FN3. The lowest BCUT2D eigenvalue weighted by Crippen LogP contribution is -1.84. The molecular weight excluding hydrogens is 205 g/mol. The van der Waals surface area contributed by atoms with Gasteiger partial charge in [-0.1, -0.05) is 12.1 Å². The molecule has 1 heterocycles. The molecule has 16 heavy (non-hydrogen) atoms. The van der Waals surface area contributed by atoms with E-state index in [0.717, 1.165) is 5.69 Å². The van der Waals surface area contributed by atoms with Crippen LogP contribution in [0.4, 0.5) is 4.39 Å². The molecule has 2 rings (SSSR count). The van der Waals surface area contributed by atoms with Crippen molar-refractivity contribution in [3.63, 3.8) is 0 Å². The predicted molar refractivity (Wildman–Crippen MR) is 58.0 cm³/mol. The van der Waals surface area contributed by atoms with Crippen molar-refractivity contribution < 1.29 is 4.39 Å². The number of hydrogen-bond acceptors (Lipinski definition) is 2. The van der Waals surface area contributed by atoms with Gasteiger partial charge >= 0.3 is 0 Å². The van der Waals surface area contributed by atoms with E-state index < -0.39 is 0 Å². The Morgan fingerprint density at radius 1 is 1.50 bits per heavy atom. The third-order valence-corrected chi connectivity index (χ3v) is 2.33. The van der Waals surface area contributed by atoms with Crippen molar-refractivity contribution in [1.29, 1.82) is 5.26 Å². The first-order valence-electron chi connectivity index (χ1n) is 4.89. The van der Waals surface area contributed by atoms with Crippen LogP contribution in [0.5, 0.6) is 0 Å². The Bertz CT molecular complexity index is 552. The zero-order chi connectivity index (χ0) is 11.5. The Morgan fingerprint density at radius 3 is 3.00 bits per heavy atom. The number of aromatic amines is 1. The van der Waals surface area contributed by atoms with Gasteiger partial charge in [-0.05, 0) is 19.1 Å². The minimum atomic E-state index is -0.298. The molecule has 1 N–H and O–H groups in total. The largest absolute Gasteiger partial charge is 0.342 e. The Hall–Kier alpha value is -2.15. The molecule has 0 bridgehead atoms. The average Bonchev–Trinajstić information content (AvgIpc) is 2.61. The summed E-state index contributed by atoms with van der Waals surface area (Å²) in [5, 5.41) is 8.60. The van der Waals surface area contributed by atoms with E-state index in [1.54, 1.807) is 12.1 Å². The quantitative estimate of drug-likeness (QED) is 0.837. The topological polar surface area (TPSA) is 52.5 Å². The number of aryl methyl sites for hydroxylation is 1. The summed E-state index contributed by atoms with van der Waals surface area (Å²) in [5.41, 5.74) is 2.25. The van der Waals surface area contributed by atoms with E-state index >= 15 is 0 Å². The summed E-state index contributed by atoms with van der Waals surface area (Å²) in [5.74, 6) is 0.302. The molecule has 0 saturated carbocycles. The summed E-state index contributed by atoms with van der Waals surface area (Å²) in [6.07, 6.45) is 0.262. The van der Waals surface area contributed by atoms with E-state index in [1.165, 1.54) is 12.1 Å². The van der Waals surface area contributed by atoms with Gasteiger partial charge in [0, 0.05) is 11.3 Å². The molecule has 0 saturated heterocycles. The third kappa shape index (κ3) is 1.94. The lowest BCUT2D eigenvalue weighted by Gasteiger charge is -1.95. The second-order valence-corrected chi connectivity index (χ2v) is 3.50. The van der Waals surface area contributed by atoms with Gasteiger partial charge in [-0.2, -0.15) is 5.26 Å². The van der Waals surface area contributed by atoms with E-state index in [2.05, 4.69) is 9.97 Å². The van der Waals surface area contributed by atoms with Crippen LogP contribution in [0.25, 0.3) is 11.4 Å². The molecule has 0 amide bonds. The Labute approximate surface area is 92.6 Å². The number of imidazole rings is 1. The molecule has 0 atom stereocenters. The van der Waals surface area contributed by atoms with Crippen molar-refractivity contribution in [3.8, 4) is 17.5 Å². The second-order valence-electron chi connectivity index (χ2n) is 3.50. The minimum Gasteiger partial charge on any atom is -0.342 e. The molecule has 1 aromatic carbocycles. The predicted octanol–water partition coefficient (Wildman–Crippen LogP) is 2.59. The van der Waals surface area contributed by atoms with Crippen molar-refractivity contribution in [2.75, 3.05) is 0 Å². The fraction of sp³-hybridized carbons (Fsp3) is 0.167. The van der Waals surface area contributed by atoms with E-state index in [9.17, 15) is 4.39 Å². The highest BCUT2D eigenvalue weighted by molar-refractivity contribution is 5.56. The highest BCUT2D eigenvalue weighted by Gasteiger charge is 2.08. The van der Waals surface area contributed by atoms with E-state index in [-0.39, 0.29) is 12.2 Å². The molecule has 0 radical (unpaired) electrons. The van der Waals surface area contributed by atoms with Crippen LogP contribution in [0.2, 0.25) is 0 Å². The molecule has 3 nitrogen and oxygen atoms in total. The molecule has 4 heteroatoms. The minimum absolute atomic E-state index is 0.262. The second kappa shape index (κ2) is 4.15. The van der Waals surface area contributed by atoms with Crippen molar-refractivity contribution in [2.24, 2.45) is 0 Å². The normalized spacial score (nSPS) is 10.1. The fourth-order valence-electron chi connectivity index (χ4n) is 1.52. The van der Waals surface area contributed by atoms with Crippen molar-refractivity contribution in [1.82, 2.24) is 9.97 Å². The molecule has 0 unspecified atom stereocenters. The molecule has 1 aromatic heterocycles. The average molecular weight is 215 g/mol. The smallest absolute Gasteiger partial charge is 0.137 e. The van der Waals surface area contributed by atoms with Crippen LogP contribution >= 0.6 is 0 Å². The molecule has 2 aromatic rings. The van der Waals surface area contributed by atoms with Gasteiger partial charge in [0.25, 0.3) is 0 Å². The molecule has 0 fully saturated rings. The number of rotatable bonds is 2. The van der Waals surface area contributed by atoms with E-state index in [1.807, 2.05) is 13.0 Å². The number of benzene rings is 1. The van der Waals surface area contributed by atoms with Gasteiger partial charge in [0.2, 0.25) is 0 Å². The van der Waals surface area contributed by atoms with Crippen LogP contribution in [-0.4, -0.2) is 9.97 Å². The molecule has 0 aliphatic heterocycles. The maximum absolute atomic E-state index is 13.0. The van der Waals surface area contributed by atoms with Crippen LogP contribution in [0.1, 0.15) is 11.4 Å². The summed E-state index contributed by atoms with van der Waals surface area (Å²) >= 11 is 0. The number of hydrogen-bond donors (Lipinski definition) is 1. The van der Waals surface area contributed by atoms with Crippen LogP contribution in [0, 0.1) is 24.1 Å². The molecule has 0 spiro atoms. The third-order valence-electron chi connectivity index (χ3n) is 2.33. The Morgan fingerprint density at radius 2 is 2.31 bits per heavy atom. The van der Waals surface area contributed by atoms with E-state index in [4.69, 9.17) is 5.26 Å². The first-order valence-corrected chi connectivity index (χ1v) is 4.89. The van der Waals surface area contributed by atoms with E-state index in [0.29, 0.717) is 17.1 Å². The summed E-state index contributed by atoms with van der Waals surface area (Å²) in [4.78, 5) is 7.31. The summed E-state index contributed by atoms with van der Waals surface area (Å²) in [7, 11) is 0. The summed E-state index contributed by atoms with van der Waals surface area (Å²) in [6, 6.07) is 8.25. The highest BCUT2D eigenvalue weighted by Crippen LogP contribution is 2.18. The molecule has 0 aliphatic carbocycles. The SMILES string of the molecule is Cc1[nH]c(-c2cccc(F)c2)nc1CC#N. The van der Waals surface area contributed by atoms with Crippen LogP contribution in [0.15, 0.2) is 24.3 Å². The summed E-state index contributed by atoms with van der Waals surface area (Å²) < 4.78 is 13.0. The molecule has 0 aliphatic rings. The Balaban J connectivity index is 2.42. The number of halogens is 1. The molecule has 80 valence electrons. The number of H-pyrrole nitrogens is 1. The van der Waals surface area contributed by atoms with Crippen LogP contribution < -0.4 is 0 Å². The zero-order valence-electron chi connectivity index (χ0n) is 8.79. The van der Waals surface area contributed by atoms with Gasteiger partial charge in [0.05, 0.1) is 18.2 Å². The van der Waals surface area contributed by atoms with Crippen LogP contribution in [-0.2, 0) is 6.42 Å². The number of nitrogens with zero attached hydrogens (tertiary/aromatic N) is 2. The van der Waals surface area contributed by atoms with Crippen molar-refractivity contribution in [2.45, 2.75) is 13.3 Å². The standard InChI is InChI=1S/C12H10FN3/c1-8-11(5-6-14)16-12(15-8)9-3-2-4-10(13)7-9/h2-4,7H,5H2,1H3,(H,15,16). The Kier molecular flexibility index (Phi) is 2.69. The number of aromatic nitrogens is 2. The first-order chi connectivity index (χ1) is 7.70. The summed E-state index contributed by atoms with van der Waals surface area (Å²) in [6.45, 7) is 1.85. The monoisotopic (exact) mass is 215 g/mol. The van der Waals surface area contributed by atoms with Gasteiger partial charge in [0.15, 0.2) is 0 Å². The fourth-order valence-corrected chi connectivity index (χ4v) is 1.52. The highest BCUT2D eigenvalue weighted by atomic mass is 19.1. The van der Waals surface area contributed by atoms with Gasteiger partial charge in [0.1, 0.15) is 11.6 Å². The zero-order valence-corrected chi connectivity index (χ0v) is 8.79. The van der Waals surface area contributed by atoms with Crippen molar-refractivity contribution in [3.05, 3.63) is 41.5 Å². The van der Waals surface area contributed by atoms with Gasteiger partial charge in [-0.25, -0.2) is 9.37 Å². The first kappa shape index (κ1) is 10.4. The van der Waals surface area contributed by atoms with Crippen molar-refractivity contribution >= 4 is 0 Å². The number of nitrogens with one attached hydrogen (secondary N) is 1. The van der Waals surface area contributed by atoms with Gasteiger partial charge in [-0.15, -0.1) is 0 Å². The van der Waals surface area contributed by atoms with Crippen LogP contribution in [0.3, 0.4) is 0 Å². The lowest BCUT2D eigenvalue weighted by atomic mass is 10.2. The number of nitriles is 1.